The molecule has 34 heavy (non-hydrogen) atoms. The summed E-state index contributed by atoms with van der Waals surface area (Å²) in [5, 5.41) is 12.9. The second-order valence-corrected chi connectivity index (χ2v) is 8.08. The zero-order valence-corrected chi connectivity index (χ0v) is 19.4. The quantitative estimate of drug-likeness (QED) is 0.412. The van der Waals surface area contributed by atoms with Crippen molar-refractivity contribution in [2.75, 3.05) is 24.3 Å². The van der Waals surface area contributed by atoms with Crippen LogP contribution in [-0.2, 0) is 22.5 Å². The van der Waals surface area contributed by atoms with E-state index in [4.69, 9.17) is 15.0 Å². The van der Waals surface area contributed by atoms with Crippen molar-refractivity contribution < 1.29 is 14.1 Å². The highest BCUT2D eigenvalue weighted by Gasteiger charge is 2.22. The van der Waals surface area contributed by atoms with E-state index in [0.29, 0.717) is 17.3 Å². The molecule has 5 rings (SSSR count). The van der Waals surface area contributed by atoms with Crippen LogP contribution in [0.4, 0.5) is 11.4 Å². The molecule has 0 saturated carbocycles. The summed E-state index contributed by atoms with van der Waals surface area (Å²) in [4.78, 5) is 20.3. The summed E-state index contributed by atoms with van der Waals surface area (Å²) in [6.45, 7) is 5.73. The molecule has 3 N–H and O–H groups in total. The van der Waals surface area contributed by atoms with Crippen molar-refractivity contribution in [1.29, 1.82) is 0 Å². The number of aromatic nitrogens is 5. The average Bonchev–Trinajstić information content (AvgIpc) is 3.47. The first kappa shape index (κ1) is 23.4. The van der Waals surface area contributed by atoms with E-state index in [1.54, 1.807) is 6.20 Å². The number of ether oxygens (including phenoxy) is 1. The Labute approximate surface area is 197 Å². The molecule has 0 unspecified atom stereocenters. The van der Waals surface area contributed by atoms with Gasteiger partial charge in [0.2, 0.25) is 0 Å². The van der Waals surface area contributed by atoms with Crippen molar-refractivity contribution in [1.82, 2.24) is 24.9 Å². The number of hydrogen-bond acceptors (Lipinski definition) is 9. The number of nitrogens with zero attached hydrogens (tertiary/aromatic N) is 5. The van der Waals surface area contributed by atoms with Crippen LogP contribution in [0.1, 0.15) is 32.5 Å². The van der Waals surface area contributed by atoms with Gasteiger partial charge in [-0.25, -0.2) is 9.67 Å². The monoisotopic (exact) mass is 463 g/mol. The van der Waals surface area contributed by atoms with Crippen LogP contribution in [0.5, 0.6) is 0 Å². The van der Waals surface area contributed by atoms with Crippen LogP contribution >= 0.6 is 0 Å². The lowest BCUT2D eigenvalue weighted by atomic mass is 10.1. The van der Waals surface area contributed by atoms with Gasteiger partial charge < -0.3 is 20.3 Å². The third kappa shape index (κ3) is 5.57. The first-order valence-electron chi connectivity index (χ1n) is 11.4. The van der Waals surface area contributed by atoms with Gasteiger partial charge >= 0.3 is 0 Å². The van der Waals surface area contributed by atoms with Crippen LogP contribution in [0.25, 0.3) is 22.5 Å². The number of fused-ring (bicyclic) bond motifs is 1. The summed E-state index contributed by atoms with van der Waals surface area (Å²) < 4.78 is 12.7. The number of aryl methyl sites for hydroxylation is 1. The molecule has 0 atom stereocenters. The number of hydrogen-bond donors (Lipinski definition) is 2. The molecule has 0 bridgehead atoms. The van der Waals surface area contributed by atoms with E-state index in [1.165, 1.54) is 6.92 Å². The zero-order chi connectivity index (χ0) is 23.9. The maximum absolute atomic E-state index is 11.3. The molecule has 178 valence electrons. The standard InChI is InChI=1S/C18H22N6O3.C6H7N/c1-3-24-17-13(10-20-24)16(21-12-4-6-26-7-5-12)14(9-19-17)18-22-15(23-27-18)8-11(2)25;7-6-4-2-1-3-5-6/h9-10,12H,3-8H2,1-2H3,(H,19,21);1-5H,7H2. The number of carbonyl (C=O) groups is 1. The van der Waals surface area contributed by atoms with Gasteiger partial charge in [-0.3, -0.25) is 4.79 Å². The molecule has 4 heterocycles. The molecule has 1 aliphatic heterocycles. The second kappa shape index (κ2) is 10.9. The number of rotatable bonds is 6. The van der Waals surface area contributed by atoms with Crippen molar-refractivity contribution in [2.45, 2.75) is 45.7 Å². The molecule has 4 aromatic rings. The Bertz CT molecular complexity index is 1230. The minimum absolute atomic E-state index is 0.0132. The Hall–Kier alpha value is -3.79. The normalized spacial score (nSPS) is 13.9. The van der Waals surface area contributed by atoms with Crippen molar-refractivity contribution in [3.05, 3.63) is 48.5 Å². The number of anilines is 2. The maximum atomic E-state index is 11.3. The van der Waals surface area contributed by atoms with Gasteiger partial charge in [-0.2, -0.15) is 10.1 Å². The molecule has 0 amide bonds. The van der Waals surface area contributed by atoms with E-state index >= 15 is 0 Å². The van der Waals surface area contributed by atoms with Gasteiger partial charge in [0.15, 0.2) is 11.5 Å². The summed E-state index contributed by atoms with van der Waals surface area (Å²) >= 11 is 0. The van der Waals surface area contributed by atoms with E-state index in [1.807, 2.05) is 48.1 Å². The lowest BCUT2D eigenvalue weighted by molar-refractivity contribution is -0.116. The molecular formula is C24H29N7O3. The van der Waals surface area contributed by atoms with Crippen LogP contribution in [0, 0.1) is 0 Å². The molecule has 10 heteroatoms. The summed E-state index contributed by atoms with van der Waals surface area (Å²) in [7, 11) is 0. The smallest absolute Gasteiger partial charge is 0.261 e. The van der Waals surface area contributed by atoms with Crippen molar-refractivity contribution in [3.8, 4) is 11.5 Å². The molecule has 0 radical (unpaired) electrons. The van der Waals surface area contributed by atoms with Crippen LogP contribution in [0.15, 0.2) is 47.2 Å². The molecule has 3 aromatic heterocycles. The Morgan fingerprint density at radius 1 is 1.21 bits per heavy atom. The predicted molar refractivity (Wildman–Crippen MR) is 129 cm³/mol. The van der Waals surface area contributed by atoms with E-state index in [0.717, 1.165) is 55.0 Å². The fourth-order valence-electron chi connectivity index (χ4n) is 3.73. The minimum Gasteiger partial charge on any atom is -0.399 e. The van der Waals surface area contributed by atoms with E-state index in [-0.39, 0.29) is 18.2 Å². The van der Waals surface area contributed by atoms with E-state index in [9.17, 15) is 4.79 Å². The first-order chi connectivity index (χ1) is 16.5. The number of nitrogens with one attached hydrogen (secondary N) is 1. The Kier molecular flexibility index (Phi) is 7.48. The lowest BCUT2D eigenvalue weighted by Crippen LogP contribution is -2.28. The SMILES string of the molecule is CCn1ncc2c(NC3CCOCC3)c(-c3nc(CC(C)=O)no3)cnc21.Nc1ccccc1. The fraction of sp³-hybridized carbons (Fsp3) is 0.375. The average molecular weight is 464 g/mol. The number of carbonyl (C=O) groups excluding carboxylic acids is 1. The second-order valence-electron chi connectivity index (χ2n) is 8.08. The van der Waals surface area contributed by atoms with E-state index < -0.39 is 0 Å². The van der Waals surface area contributed by atoms with Crippen LogP contribution < -0.4 is 11.1 Å². The Morgan fingerprint density at radius 2 is 1.97 bits per heavy atom. The molecule has 0 spiro atoms. The minimum atomic E-state index is -0.0132. The number of benzene rings is 1. The number of nitrogen functional groups attached to an aromatic ring is 1. The van der Waals surface area contributed by atoms with Crippen LogP contribution in [0.3, 0.4) is 0 Å². The maximum Gasteiger partial charge on any atom is 0.261 e. The Balaban J connectivity index is 0.000000336. The van der Waals surface area contributed by atoms with Gasteiger partial charge in [0.1, 0.15) is 5.78 Å². The largest absolute Gasteiger partial charge is 0.399 e. The molecule has 1 aromatic carbocycles. The van der Waals surface area contributed by atoms with Gasteiger partial charge in [0.05, 0.1) is 29.3 Å². The number of nitrogens with two attached hydrogens (primary N) is 1. The van der Waals surface area contributed by atoms with Gasteiger partial charge in [-0.05, 0) is 38.8 Å². The zero-order valence-electron chi connectivity index (χ0n) is 19.4. The van der Waals surface area contributed by atoms with Crippen LogP contribution in [-0.4, -0.2) is 49.9 Å². The molecule has 1 aliphatic rings. The van der Waals surface area contributed by atoms with Crippen LogP contribution in [0.2, 0.25) is 0 Å². The highest BCUT2D eigenvalue weighted by molar-refractivity contribution is 5.96. The van der Waals surface area contributed by atoms with Crippen molar-refractivity contribution in [3.63, 3.8) is 0 Å². The Morgan fingerprint density at radius 3 is 2.62 bits per heavy atom. The number of ketones is 1. The molecule has 0 aliphatic carbocycles. The molecular weight excluding hydrogens is 434 g/mol. The fourth-order valence-corrected chi connectivity index (χ4v) is 3.73. The van der Waals surface area contributed by atoms with Gasteiger partial charge in [-0.1, -0.05) is 23.4 Å². The van der Waals surface area contributed by atoms with Gasteiger partial charge in [-0.15, -0.1) is 0 Å². The first-order valence-corrected chi connectivity index (χ1v) is 11.4. The number of pyridine rings is 1. The van der Waals surface area contributed by atoms with Crippen molar-refractivity contribution >= 4 is 28.2 Å². The third-order valence-electron chi connectivity index (χ3n) is 5.44. The lowest BCUT2D eigenvalue weighted by Gasteiger charge is -2.25. The number of para-hydroxylation sites is 1. The summed E-state index contributed by atoms with van der Waals surface area (Å²) in [5.74, 6) is 0.707. The molecule has 10 nitrogen and oxygen atoms in total. The van der Waals surface area contributed by atoms with Crippen molar-refractivity contribution in [2.24, 2.45) is 0 Å². The molecule has 1 fully saturated rings. The summed E-state index contributed by atoms with van der Waals surface area (Å²) in [6.07, 6.45) is 5.53. The van der Waals surface area contributed by atoms with E-state index in [2.05, 4.69) is 25.5 Å². The number of Topliss-reactive ketones (excluding diaryl/α,β-unsaturated/α-hetero) is 1. The predicted octanol–water partition coefficient (Wildman–Crippen LogP) is 3.49. The highest BCUT2D eigenvalue weighted by Crippen LogP contribution is 2.34. The summed E-state index contributed by atoms with van der Waals surface area (Å²) in [5.41, 5.74) is 8.58. The van der Waals surface area contributed by atoms with Gasteiger partial charge in [0, 0.05) is 37.7 Å². The topological polar surface area (TPSA) is 134 Å². The highest BCUT2D eigenvalue weighted by atomic mass is 16.5. The van der Waals surface area contributed by atoms with Gasteiger partial charge in [0.25, 0.3) is 5.89 Å². The molecule has 1 saturated heterocycles. The summed E-state index contributed by atoms with van der Waals surface area (Å²) in [6, 6.07) is 9.77. The third-order valence-corrected chi connectivity index (χ3v) is 5.44.